The third-order valence-corrected chi connectivity index (χ3v) is 5.94. The van der Waals surface area contributed by atoms with Gasteiger partial charge in [-0.15, -0.1) is 0 Å². The third-order valence-electron chi connectivity index (χ3n) is 5.12. The smallest absolute Gasteiger partial charge is 0.344 e. The predicted octanol–water partition coefficient (Wildman–Crippen LogP) is 7.28. The summed E-state index contributed by atoms with van der Waals surface area (Å²) in [5.41, 5.74) is 2.19. The summed E-state index contributed by atoms with van der Waals surface area (Å²) in [5.74, 6) is 0.0916. The highest BCUT2D eigenvalue weighted by Gasteiger charge is 2.16. The number of hydrogen-bond donors (Lipinski definition) is 1. The molecular formula is C26H15Cl2NO4. The number of fused-ring (bicyclic) bond motifs is 1. The Morgan fingerprint density at radius 1 is 0.788 bits per heavy atom. The fourth-order valence-corrected chi connectivity index (χ4v) is 3.91. The van der Waals surface area contributed by atoms with Gasteiger partial charge < -0.3 is 14.2 Å². The second kappa shape index (κ2) is 8.62. The largest absolute Gasteiger partial charge is 0.451 e. The van der Waals surface area contributed by atoms with Crippen LogP contribution in [0.1, 0.15) is 10.6 Å². The second-order valence-corrected chi connectivity index (χ2v) is 8.07. The highest BCUT2D eigenvalue weighted by atomic mass is 35.5. The molecule has 0 radical (unpaired) electrons. The quantitative estimate of drug-likeness (QED) is 0.277. The van der Waals surface area contributed by atoms with Gasteiger partial charge in [0.15, 0.2) is 5.76 Å². The van der Waals surface area contributed by atoms with Crippen LogP contribution in [0.15, 0.2) is 98.6 Å². The molecule has 0 bridgehead atoms. The van der Waals surface area contributed by atoms with E-state index in [-0.39, 0.29) is 5.76 Å². The van der Waals surface area contributed by atoms with Crippen LogP contribution in [0.5, 0.6) is 0 Å². The molecule has 0 saturated heterocycles. The molecule has 1 amide bonds. The summed E-state index contributed by atoms with van der Waals surface area (Å²) in [7, 11) is 0. The number of anilines is 1. The molecule has 2 heterocycles. The molecule has 5 rings (SSSR count). The van der Waals surface area contributed by atoms with Crippen LogP contribution in [0.4, 0.5) is 5.69 Å². The second-order valence-electron chi connectivity index (χ2n) is 7.29. The van der Waals surface area contributed by atoms with E-state index >= 15 is 0 Å². The monoisotopic (exact) mass is 475 g/mol. The molecule has 0 atom stereocenters. The van der Waals surface area contributed by atoms with Crippen LogP contribution in [0.25, 0.3) is 33.4 Å². The molecule has 0 saturated carbocycles. The maximum Gasteiger partial charge on any atom is 0.344 e. The summed E-state index contributed by atoms with van der Waals surface area (Å²) < 4.78 is 11.1. The molecule has 0 aliphatic carbocycles. The zero-order valence-corrected chi connectivity index (χ0v) is 18.5. The fourth-order valence-electron chi connectivity index (χ4n) is 3.52. The van der Waals surface area contributed by atoms with Crippen molar-refractivity contribution in [1.82, 2.24) is 0 Å². The van der Waals surface area contributed by atoms with Crippen molar-refractivity contribution in [2.24, 2.45) is 0 Å². The molecule has 3 aromatic carbocycles. The molecular weight excluding hydrogens is 461 g/mol. The fraction of sp³-hybridized carbons (Fsp3) is 0. The van der Waals surface area contributed by atoms with Crippen molar-refractivity contribution >= 4 is 45.8 Å². The molecule has 0 spiro atoms. The van der Waals surface area contributed by atoms with E-state index in [2.05, 4.69) is 5.32 Å². The van der Waals surface area contributed by atoms with Crippen LogP contribution in [0, 0.1) is 0 Å². The first kappa shape index (κ1) is 21.1. The minimum absolute atomic E-state index is 0.108. The van der Waals surface area contributed by atoms with Gasteiger partial charge in [0.25, 0.3) is 5.91 Å². The van der Waals surface area contributed by atoms with Gasteiger partial charge in [0.2, 0.25) is 0 Å². The first-order chi connectivity index (χ1) is 16.0. The number of amides is 1. The van der Waals surface area contributed by atoms with Gasteiger partial charge in [0.1, 0.15) is 11.3 Å². The van der Waals surface area contributed by atoms with Crippen molar-refractivity contribution in [2.75, 3.05) is 5.32 Å². The summed E-state index contributed by atoms with van der Waals surface area (Å²) in [6, 6.07) is 24.4. The number of nitrogens with one attached hydrogen (secondary N) is 1. The molecule has 5 nitrogen and oxygen atoms in total. The Balaban J connectivity index is 1.41. The Bertz CT molecular complexity index is 1570. The van der Waals surface area contributed by atoms with E-state index in [0.717, 1.165) is 5.39 Å². The number of benzene rings is 3. The van der Waals surface area contributed by atoms with E-state index in [1.807, 2.05) is 18.2 Å². The van der Waals surface area contributed by atoms with E-state index in [4.69, 9.17) is 32.0 Å². The molecule has 0 fully saturated rings. The average Bonchev–Trinajstić information content (AvgIpc) is 3.31. The Labute approximate surface area is 198 Å². The Hall–Kier alpha value is -3.80. The first-order valence-corrected chi connectivity index (χ1v) is 10.7. The Kier molecular flexibility index (Phi) is 5.50. The summed E-state index contributed by atoms with van der Waals surface area (Å²) in [4.78, 5) is 25.2. The SMILES string of the molecule is O=C(Nc1cccc(-c2cc3ccccc3oc2=O)c1)c1ccc(-c2cccc(Cl)c2Cl)o1. The molecule has 0 aliphatic heterocycles. The summed E-state index contributed by atoms with van der Waals surface area (Å²) in [6.45, 7) is 0. The van der Waals surface area contributed by atoms with Crippen LogP contribution >= 0.6 is 23.2 Å². The Morgan fingerprint density at radius 3 is 2.48 bits per heavy atom. The average molecular weight is 476 g/mol. The lowest BCUT2D eigenvalue weighted by Crippen LogP contribution is -2.11. The van der Waals surface area contributed by atoms with Gasteiger partial charge in [0, 0.05) is 16.6 Å². The zero-order chi connectivity index (χ0) is 22.9. The highest BCUT2D eigenvalue weighted by Crippen LogP contribution is 2.34. The van der Waals surface area contributed by atoms with Gasteiger partial charge in [-0.2, -0.15) is 0 Å². The molecule has 5 aromatic rings. The molecule has 2 aromatic heterocycles. The van der Waals surface area contributed by atoms with Crippen molar-refractivity contribution in [2.45, 2.75) is 0 Å². The van der Waals surface area contributed by atoms with Crippen molar-refractivity contribution in [3.8, 4) is 22.5 Å². The normalized spacial score (nSPS) is 11.0. The van der Waals surface area contributed by atoms with E-state index in [9.17, 15) is 9.59 Å². The number of hydrogen-bond acceptors (Lipinski definition) is 4. The first-order valence-electron chi connectivity index (χ1n) is 9.98. The molecule has 0 unspecified atom stereocenters. The van der Waals surface area contributed by atoms with Gasteiger partial charge in [-0.05, 0) is 54.1 Å². The number of para-hydroxylation sites is 1. The van der Waals surface area contributed by atoms with Gasteiger partial charge in [-0.1, -0.05) is 59.6 Å². The van der Waals surface area contributed by atoms with E-state index in [1.165, 1.54) is 0 Å². The summed E-state index contributed by atoms with van der Waals surface area (Å²) in [5, 5.41) is 4.35. The van der Waals surface area contributed by atoms with Crippen LogP contribution < -0.4 is 10.9 Å². The molecule has 33 heavy (non-hydrogen) atoms. The number of rotatable bonds is 4. The topological polar surface area (TPSA) is 72.5 Å². The highest BCUT2D eigenvalue weighted by molar-refractivity contribution is 6.43. The van der Waals surface area contributed by atoms with Crippen molar-refractivity contribution in [3.63, 3.8) is 0 Å². The van der Waals surface area contributed by atoms with E-state index < -0.39 is 11.5 Å². The van der Waals surface area contributed by atoms with Gasteiger partial charge in [-0.25, -0.2) is 4.79 Å². The van der Waals surface area contributed by atoms with Crippen LogP contribution in [0.2, 0.25) is 10.0 Å². The maximum atomic E-state index is 12.8. The van der Waals surface area contributed by atoms with Crippen molar-refractivity contribution in [3.05, 3.63) is 111 Å². The van der Waals surface area contributed by atoms with Crippen LogP contribution in [-0.2, 0) is 0 Å². The molecule has 7 heteroatoms. The zero-order valence-electron chi connectivity index (χ0n) is 17.0. The molecule has 162 valence electrons. The maximum absolute atomic E-state index is 12.8. The van der Waals surface area contributed by atoms with Gasteiger partial charge in [0.05, 0.1) is 15.6 Å². The minimum atomic E-state index is -0.453. The number of carbonyl (C=O) groups is 1. The van der Waals surface area contributed by atoms with Crippen LogP contribution in [0.3, 0.4) is 0 Å². The summed E-state index contributed by atoms with van der Waals surface area (Å²) >= 11 is 12.3. The lowest BCUT2D eigenvalue weighted by Gasteiger charge is -2.07. The van der Waals surface area contributed by atoms with Crippen LogP contribution in [-0.4, -0.2) is 5.91 Å². The van der Waals surface area contributed by atoms with Crippen molar-refractivity contribution < 1.29 is 13.6 Å². The molecule has 0 aliphatic rings. The predicted molar refractivity (Wildman–Crippen MR) is 130 cm³/mol. The number of carbonyl (C=O) groups excluding carboxylic acids is 1. The standard InChI is InChI=1S/C26H15Cl2NO4/c27-20-9-4-8-18(24(20)28)22-11-12-23(32-22)25(30)29-17-7-3-6-15(13-17)19-14-16-5-1-2-10-21(16)33-26(19)31/h1-14H,(H,29,30). The minimum Gasteiger partial charge on any atom is -0.451 e. The lowest BCUT2D eigenvalue weighted by molar-refractivity contribution is 0.0997. The van der Waals surface area contributed by atoms with Gasteiger partial charge in [-0.3, -0.25) is 4.79 Å². The van der Waals surface area contributed by atoms with E-state index in [1.54, 1.807) is 66.7 Å². The molecule has 1 N–H and O–H groups in total. The van der Waals surface area contributed by atoms with Crippen molar-refractivity contribution in [1.29, 1.82) is 0 Å². The van der Waals surface area contributed by atoms with E-state index in [0.29, 0.717) is 43.8 Å². The number of halogens is 2. The third kappa shape index (κ3) is 4.16. The summed E-state index contributed by atoms with van der Waals surface area (Å²) in [6.07, 6.45) is 0. The Morgan fingerprint density at radius 2 is 1.61 bits per heavy atom. The van der Waals surface area contributed by atoms with Gasteiger partial charge >= 0.3 is 5.63 Å². The number of furan rings is 1. The lowest BCUT2D eigenvalue weighted by atomic mass is 10.1.